The number of halogens is 1. The molecule has 3 nitrogen and oxygen atoms in total. The molecule has 0 heterocycles. The average molecular weight is 330 g/mol. The number of hydrogen-bond acceptors (Lipinski definition) is 2. The number of rotatable bonds is 4. The first-order valence-electron chi connectivity index (χ1n) is 6.08. The van der Waals surface area contributed by atoms with E-state index in [1.54, 1.807) is 24.3 Å². The highest BCUT2D eigenvalue weighted by atomic mass is 79.9. The summed E-state index contributed by atoms with van der Waals surface area (Å²) in [7, 11) is 0. The van der Waals surface area contributed by atoms with Crippen molar-refractivity contribution < 1.29 is 9.90 Å². The summed E-state index contributed by atoms with van der Waals surface area (Å²) in [6.07, 6.45) is 0.393. The average Bonchev–Trinajstić information content (AvgIpc) is 2.46. The number of aliphatic carboxylic acids is 1. The first kappa shape index (κ1) is 14.3. The molecular weight excluding hydrogens is 318 g/mol. The summed E-state index contributed by atoms with van der Waals surface area (Å²) in [5.74, 6) is -1.47. The Morgan fingerprint density at radius 2 is 1.85 bits per heavy atom. The van der Waals surface area contributed by atoms with Gasteiger partial charge < -0.3 is 5.11 Å². The first-order chi connectivity index (χ1) is 9.61. The maximum atomic E-state index is 11.5. The van der Waals surface area contributed by atoms with Gasteiger partial charge in [-0.05, 0) is 35.7 Å². The van der Waals surface area contributed by atoms with E-state index in [9.17, 15) is 9.90 Å². The maximum absolute atomic E-state index is 11.5. The van der Waals surface area contributed by atoms with Crippen LogP contribution in [0.15, 0.2) is 53.0 Å². The van der Waals surface area contributed by atoms with Gasteiger partial charge in [-0.2, -0.15) is 5.26 Å². The molecule has 0 fully saturated rings. The molecule has 0 aliphatic heterocycles. The molecule has 0 radical (unpaired) electrons. The number of carboxylic acid groups (broad SMARTS) is 1. The molecule has 4 heteroatoms. The molecule has 1 N–H and O–H groups in total. The van der Waals surface area contributed by atoms with E-state index < -0.39 is 11.9 Å². The standard InChI is InChI=1S/C16H12BrNO2/c17-15-4-2-1-3-13(15)14(16(19)20)9-11-5-7-12(10-18)8-6-11/h1-8,14H,9H2,(H,19,20). The molecule has 100 valence electrons. The molecule has 0 aliphatic carbocycles. The van der Waals surface area contributed by atoms with E-state index >= 15 is 0 Å². The van der Waals surface area contributed by atoms with Gasteiger partial charge in [0.2, 0.25) is 0 Å². The summed E-state index contributed by atoms with van der Waals surface area (Å²) in [6.45, 7) is 0. The smallest absolute Gasteiger partial charge is 0.311 e. The van der Waals surface area contributed by atoms with Crippen LogP contribution in [0.25, 0.3) is 0 Å². The molecule has 0 bridgehead atoms. The van der Waals surface area contributed by atoms with E-state index in [1.807, 2.05) is 30.3 Å². The van der Waals surface area contributed by atoms with Crippen molar-refractivity contribution in [1.29, 1.82) is 5.26 Å². The molecule has 20 heavy (non-hydrogen) atoms. The quantitative estimate of drug-likeness (QED) is 0.929. The Balaban J connectivity index is 2.29. The van der Waals surface area contributed by atoms with Crippen LogP contribution in [0.5, 0.6) is 0 Å². The van der Waals surface area contributed by atoms with Crippen molar-refractivity contribution in [1.82, 2.24) is 0 Å². The second kappa shape index (κ2) is 6.36. The fourth-order valence-corrected chi connectivity index (χ4v) is 2.60. The number of carboxylic acids is 1. The number of hydrogen-bond donors (Lipinski definition) is 1. The van der Waals surface area contributed by atoms with Crippen molar-refractivity contribution in [3.8, 4) is 6.07 Å². The predicted octanol–water partition coefficient (Wildman–Crippen LogP) is 3.73. The molecule has 0 aromatic heterocycles. The minimum absolute atomic E-state index is 0.393. The third kappa shape index (κ3) is 3.25. The highest BCUT2D eigenvalue weighted by Gasteiger charge is 2.22. The second-order valence-corrected chi connectivity index (χ2v) is 5.28. The summed E-state index contributed by atoms with van der Waals surface area (Å²) in [4.78, 5) is 11.5. The van der Waals surface area contributed by atoms with Gasteiger partial charge in [-0.25, -0.2) is 0 Å². The molecule has 2 aromatic rings. The highest BCUT2D eigenvalue weighted by Crippen LogP contribution is 2.28. The number of nitrogens with zero attached hydrogens (tertiary/aromatic N) is 1. The van der Waals surface area contributed by atoms with Gasteiger partial charge in [0, 0.05) is 4.47 Å². The SMILES string of the molecule is N#Cc1ccc(CC(C(=O)O)c2ccccc2Br)cc1. The van der Waals surface area contributed by atoms with Gasteiger partial charge in [0.05, 0.1) is 17.6 Å². The molecule has 0 spiro atoms. The number of nitriles is 1. The van der Waals surface area contributed by atoms with Crippen molar-refractivity contribution >= 4 is 21.9 Å². The molecule has 1 unspecified atom stereocenters. The minimum Gasteiger partial charge on any atom is -0.481 e. The minimum atomic E-state index is -0.860. The summed E-state index contributed by atoms with van der Waals surface area (Å²) < 4.78 is 0.793. The van der Waals surface area contributed by atoms with Gasteiger partial charge in [-0.1, -0.05) is 46.3 Å². The zero-order chi connectivity index (χ0) is 14.5. The zero-order valence-corrected chi connectivity index (χ0v) is 12.2. The molecule has 0 saturated heterocycles. The highest BCUT2D eigenvalue weighted by molar-refractivity contribution is 9.10. The number of benzene rings is 2. The summed E-state index contributed by atoms with van der Waals surface area (Å²) in [5, 5.41) is 18.2. The fourth-order valence-electron chi connectivity index (χ4n) is 2.04. The monoisotopic (exact) mass is 329 g/mol. The van der Waals surface area contributed by atoms with Crippen molar-refractivity contribution in [3.63, 3.8) is 0 Å². The molecule has 2 rings (SSSR count). The zero-order valence-electron chi connectivity index (χ0n) is 10.6. The predicted molar refractivity (Wildman–Crippen MR) is 79.4 cm³/mol. The van der Waals surface area contributed by atoms with Gasteiger partial charge in [0.25, 0.3) is 0 Å². The van der Waals surface area contributed by atoms with Gasteiger partial charge in [-0.15, -0.1) is 0 Å². The van der Waals surface area contributed by atoms with Crippen molar-refractivity contribution in [2.24, 2.45) is 0 Å². The molecular formula is C16H12BrNO2. The lowest BCUT2D eigenvalue weighted by atomic mass is 9.92. The first-order valence-corrected chi connectivity index (χ1v) is 6.87. The van der Waals surface area contributed by atoms with Gasteiger partial charge in [0.15, 0.2) is 0 Å². The van der Waals surface area contributed by atoms with E-state index in [0.717, 1.165) is 15.6 Å². The summed E-state index contributed by atoms with van der Waals surface area (Å²) in [5.41, 5.74) is 2.22. The van der Waals surface area contributed by atoms with Crippen LogP contribution in [0.4, 0.5) is 0 Å². The van der Waals surface area contributed by atoms with Crippen LogP contribution < -0.4 is 0 Å². The Hall–Kier alpha value is -2.12. The molecule has 2 aromatic carbocycles. The van der Waals surface area contributed by atoms with Crippen LogP contribution in [0, 0.1) is 11.3 Å². The lowest BCUT2D eigenvalue weighted by molar-refractivity contribution is -0.138. The lowest BCUT2D eigenvalue weighted by Crippen LogP contribution is -2.15. The van der Waals surface area contributed by atoms with Gasteiger partial charge in [0.1, 0.15) is 0 Å². The van der Waals surface area contributed by atoms with Crippen molar-refractivity contribution in [3.05, 3.63) is 69.7 Å². The molecule has 1 atom stereocenters. The van der Waals surface area contributed by atoms with Crippen molar-refractivity contribution in [2.75, 3.05) is 0 Å². The Kier molecular flexibility index (Phi) is 4.54. The van der Waals surface area contributed by atoms with Crippen molar-refractivity contribution in [2.45, 2.75) is 12.3 Å². The molecule has 0 saturated carbocycles. The van der Waals surface area contributed by atoms with E-state index in [2.05, 4.69) is 15.9 Å². The number of carbonyl (C=O) groups is 1. The summed E-state index contributed by atoms with van der Waals surface area (Å²) in [6, 6.07) is 16.4. The Morgan fingerprint density at radius 3 is 2.40 bits per heavy atom. The van der Waals surface area contributed by atoms with Crippen LogP contribution >= 0.6 is 15.9 Å². The maximum Gasteiger partial charge on any atom is 0.311 e. The van der Waals surface area contributed by atoms with Gasteiger partial charge in [-0.3, -0.25) is 4.79 Å². The second-order valence-electron chi connectivity index (χ2n) is 4.43. The van der Waals surface area contributed by atoms with Crippen LogP contribution in [0.3, 0.4) is 0 Å². The van der Waals surface area contributed by atoms with E-state index in [-0.39, 0.29) is 0 Å². The van der Waals surface area contributed by atoms with E-state index in [4.69, 9.17) is 5.26 Å². The third-order valence-electron chi connectivity index (χ3n) is 3.10. The summed E-state index contributed by atoms with van der Waals surface area (Å²) >= 11 is 3.39. The topological polar surface area (TPSA) is 61.1 Å². The van der Waals surface area contributed by atoms with E-state index in [1.165, 1.54) is 0 Å². The normalized spacial score (nSPS) is 11.6. The van der Waals surface area contributed by atoms with Crippen LogP contribution in [-0.4, -0.2) is 11.1 Å². The Labute approximate surface area is 125 Å². The Bertz CT molecular complexity index is 659. The lowest BCUT2D eigenvalue weighted by Gasteiger charge is -2.14. The fraction of sp³-hybridized carbons (Fsp3) is 0.125. The van der Waals surface area contributed by atoms with Crippen LogP contribution in [-0.2, 0) is 11.2 Å². The largest absolute Gasteiger partial charge is 0.481 e. The van der Waals surface area contributed by atoms with Crippen LogP contribution in [0.2, 0.25) is 0 Å². The van der Waals surface area contributed by atoms with Gasteiger partial charge >= 0.3 is 5.97 Å². The third-order valence-corrected chi connectivity index (χ3v) is 3.82. The molecule has 0 aliphatic rings. The van der Waals surface area contributed by atoms with Crippen LogP contribution in [0.1, 0.15) is 22.6 Å². The molecule has 0 amide bonds. The van der Waals surface area contributed by atoms with E-state index in [0.29, 0.717) is 12.0 Å². The Morgan fingerprint density at radius 1 is 1.20 bits per heavy atom.